The minimum Gasteiger partial charge on any atom is -0.496 e. The molecule has 0 spiro atoms. The highest BCUT2D eigenvalue weighted by molar-refractivity contribution is 5.92. The van der Waals surface area contributed by atoms with Crippen LogP contribution >= 0.6 is 0 Å². The average Bonchev–Trinajstić information content (AvgIpc) is 2.19. The summed E-state index contributed by atoms with van der Waals surface area (Å²) in [5, 5.41) is 13.3. The van der Waals surface area contributed by atoms with E-state index in [2.05, 4.69) is 5.32 Å². The van der Waals surface area contributed by atoms with E-state index in [1.165, 1.54) is 20.1 Å². The summed E-state index contributed by atoms with van der Waals surface area (Å²) in [4.78, 5) is 21.2. The van der Waals surface area contributed by atoms with E-state index in [1.54, 1.807) is 13.0 Å². The monoisotopic (exact) mass is 224 g/mol. The summed E-state index contributed by atoms with van der Waals surface area (Å²) in [6, 6.07) is 2.90. The Hall–Kier alpha value is -2.11. The van der Waals surface area contributed by atoms with Crippen LogP contribution in [0.2, 0.25) is 0 Å². The van der Waals surface area contributed by atoms with E-state index in [4.69, 9.17) is 4.74 Å². The van der Waals surface area contributed by atoms with Crippen molar-refractivity contribution in [3.63, 3.8) is 0 Å². The van der Waals surface area contributed by atoms with Crippen molar-refractivity contribution in [2.75, 3.05) is 12.4 Å². The van der Waals surface area contributed by atoms with Crippen LogP contribution in [-0.2, 0) is 4.79 Å². The molecule has 86 valence electrons. The van der Waals surface area contributed by atoms with Crippen molar-refractivity contribution in [2.24, 2.45) is 0 Å². The summed E-state index contributed by atoms with van der Waals surface area (Å²) in [6.07, 6.45) is 0. The van der Waals surface area contributed by atoms with Gasteiger partial charge in [-0.05, 0) is 18.6 Å². The maximum absolute atomic E-state index is 10.9. The second-order valence-electron chi connectivity index (χ2n) is 3.28. The lowest BCUT2D eigenvalue weighted by molar-refractivity contribution is -0.384. The number of aryl methyl sites for hydroxylation is 1. The number of methoxy groups -OCH3 is 1. The van der Waals surface area contributed by atoms with Crippen molar-refractivity contribution in [1.82, 2.24) is 0 Å². The Balaban J connectivity index is 3.33. The predicted molar refractivity (Wildman–Crippen MR) is 58.7 cm³/mol. The lowest BCUT2D eigenvalue weighted by Crippen LogP contribution is -2.09. The molecular formula is C10H12N2O4. The van der Waals surface area contributed by atoms with E-state index in [0.717, 1.165) is 0 Å². The SMILES string of the molecule is COc1cc(C)c(NC(C)=O)c([N+](=O)[O-])c1. The Morgan fingerprint density at radius 3 is 2.56 bits per heavy atom. The number of benzene rings is 1. The Morgan fingerprint density at radius 2 is 2.12 bits per heavy atom. The zero-order valence-electron chi connectivity index (χ0n) is 9.23. The summed E-state index contributed by atoms with van der Waals surface area (Å²) in [6.45, 7) is 2.97. The third kappa shape index (κ3) is 2.47. The number of hydrogen-bond acceptors (Lipinski definition) is 4. The maximum atomic E-state index is 10.9. The average molecular weight is 224 g/mol. The van der Waals surface area contributed by atoms with Gasteiger partial charge in [0.15, 0.2) is 0 Å². The lowest BCUT2D eigenvalue weighted by Gasteiger charge is -2.09. The molecule has 0 saturated heterocycles. The molecule has 0 unspecified atom stereocenters. The number of amides is 1. The van der Waals surface area contributed by atoms with Gasteiger partial charge in [0, 0.05) is 6.92 Å². The summed E-state index contributed by atoms with van der Waals surface area (Å²) >= 11 is 0. The molecule has 0 bridgehead atoms. The van der Waals surface area contributed by atoms with E-state index >= 15 is 0 Å². The van der Waals surface area contributed by atoms with Crippen LogP contribution in [0, 0.1) is 17.0 Å². The first kappa shape index (κ1) is 12.0. The van der Waals surface area contributed by atoms with Crippen LogP contribution in [0.25, 0.3) is 0 Å². The Morgan fingerprint density at radius 1 is 1.50 bits per heavy atom. The number of carbonyl (C=O) groups is 1. The molecule has 1 rings (SSSR count). The number of nitrogens with one attached hydrogen (secondary N) is 1. The van der Waals surface area contributed by atoms with Gasteiger partial charge in [0.25, 0.3) is 5.69 Å². The largest absolute Gasteiger partial charge is 0.496 e. The molecular weight excluding hydrogens is 212 g/mol. The normalized spacial score (nSPS) is 9.69. The fourth-order valence-corrected chi connectivity index (χ4v) is 1.34. The Bertz CT molecular complexity index is 443. The molecule has 1 N–H and O–H groups in total. The van der Waals surface area contributed by atoms with Crippen LogP contribution in [0.15, 0.2) is 12.1 Å². The van der Waals surface area contributed by atoms with E-state index < -0.39 is 4.92 Å². The molecule has 0 heterocycles. The van der Waals surface area contributed by atoms with E-state index in [-0.39, 0.29) is 17.3 Å². The van der Waals surface area contributed by atoms with Crippen LogP contribution < -0.4 is 10.1 Å². The zero-order valence-corrected chi connectivity index (χ0v) is 9.23. The van der Waals surface area contributed by atoms with Crippen molar-refractivity contribution in [3.05, 3.63) is 27.8 Å². The van der Waals surface area contributed by atoms with Crippen LogP contribution in [0.5, 0.6) is 5.75 Å². The molecule has 1 aromatic rings. The fraction of sp³-hybridized carbons (Fsp3) is 0.300. The number of carbonyl (C=O) groups excluding carboxylic acids is 1. The van der Waals surface area contributed by atoms with Gasteiger partial charge in [0.05, 0.1) is 18.1 Å². The smallest absolute Gasteiger partial charge is 0.296 e. The van der Waals surface area contributed by atoms with E-state index in [1.807, 2.05) is 0 Å². The van der Waals surface area contributed by atoms with Gasteiger partial charge >= 0.3 is 0 Å². The molecule has 6 heteroatoms. The molecule has 1 aromatic carbocycles. The minimum absolute atomic E-state index is 0.174. The quantitative estimate of drug-likeness (QED) is 0.627. The first-order chi connectivity index (χ1) is 7.45. The highest BCUT2D eigenvalue weighted by Crippen LogP contribution is 2.32. The summed E-state index contributed by atoms with van der Waals surface area (Å²) in [5.74, 6) is 0.0367. The minimum atomic E-state index is -0.555. The van der Waals surface area contributed by atoms with Gasteiger partial charge in [-0.3, -0.25) is 14.9 Å². The lowest BCUT2D eigenvalue weighted by atomic mass is 10.1. The van der Waals surface area contributed by atoms with Gasteiger partial charge in [-0.2, -0.15) is 0 Å². The molecule has 0 saturated carbocycles. The molecule has 16 heavy (non-hydrogen) atoms. The number of nitro groups is 1. The highest BCUT2D eigenvalue weighted by atomic mass is 16.6. The molecule has 0 aliphatic carbocycles. The second kappa shape index (κ2) is 4.61. The first-order valence-electron chi connectivity index (χ1n) is 4.56. The number of anilines is 1. The Labute approximate surface area is 92.4 Å². The third-order valence-corrected chi connectivity index (χ3v) is 2.02. The van der Waals surface area contributed by atoms with Crippen molar-refractivity contribution in [3.8, 4) is 5.75 Å². The van der Waals surface area contributed by atoms with Gasteiger partial charge < -0.3 is 10.1 Å². The van der Waals surface area contributed by atoms with Gasteiger partial charge in [-0.15, -0.1) is 0 Å². The van der Waals surface area contributed by atoms with Crippen molar-refractivity contribution in [1.29, 1.82) is 0 Å². The van der Waals surface area contributed by atoms with Gasteiger partial charge in [0.1, 0.15) is 11.4 Å². The molecule has 6 nitrogen and oxygen atoms in total. The van der Waals surface area contributed by atoms with E-state index in [9.17, 15) is 14.9 Å². The predicted octanol–water partition coefficient (Wildman–Crippen LogP) is 1.87. The zero-order chi connectivity index (χ0) is 12.3. The van der Waals surface area contributed by atoms with Crippen molar-refractivity contribution < 1.29 is 14.5 Å². The van der Waals surface area contributed by atoms with Crippen LogP contribution in [0.4, 0.5) is 11.4 Å². The summed E-state index contributed by atoms with van der Waals surface area (Å²) in [7, 11) is 1.43. The van der Waals surface area contributed by atoms with Gasteiger partial charge in [-0.1, -0.05) is 0 Å². The first-order valence-corrected chi connectivity index (χ1v) is 4.56. The topological polar surface area (TPSA) is 81.5 Å². The summed E-state index contributed by atoms with van der Waals surface area (Å²) < 4.78 is 4.93. The van der Waals surface area contributed by atoms with Crippen LogP contribution in [0.3, 0.4) is 0 Å². The van der Waals surface area contributed by atoms with Crippen LogP contribution in [-0.4, -0.2) is 17.9 Å². The number of ether oxygens (including phenoxy) is 1. The van der Waals surface area contributed by atoms with Gasteiger partial charge in [0.2, 0.25) is 5.91 Å². The fourth-order valence-electron chi connectivity index (χ4n) is 1.34. The molecule has 1 amide bonds. The standard InChI is InChI=1S/C10H12N2O4/c1-6-4-8(16-3)5-9(12(14)15)10(6)11-7(2)13/h4-5H,1-3H3,(H,11,13). The maximum Gasteiger partial charge on any atom is 0.296 e. The van der Waals surface area contributed by atoms with Crippen molar-refractivity contribution in [2.45, 2.75) is 13.8 Å². The molecule has 0 aromatic heterocycles. The molecule has 0 atom stereocenters. The molecule has 0 aliphatic heterocycles. The number of rotatable bonds is 3. The Kier molecular flexibility index (Phi) is 3.44. The number of hydrogen-bond donors (Lipinski definition) is 1. The molecule has 0 fully saturated rings. The van der Waals surface area contributed by atoms with E-state index in [0.29, 0.717) is 11.3 Å². The second-order valence-corrected chi connectivity index (χ2v) is 3.28. The van der Waals surface area contributed by atoms with Crippen molar-refractivity contribution >= 4 is 17.3 Å². The van der Waals surface area contributed by atoms with Gasteiger partial charge in [-0.25, -0.2) is 0 Å². The van der Waals surface area contributed by atoms with Crippen LogP contribution in [0.1, 0.15) is 12.5 Å². The summed E-state index contributed by atoms with van der Waals surface area (Å²) in [5.41, 5.74) is 0.617. The number of nitrogens with zero attached hydrogens (tertiary/aromatic N) is 1. The highest BCUT2D eigenvalue weighted by Gasteiger charge is 2.18. The molecule has 0 aliphatic rings. The molecule has 0 radical (unpaired) electrons. The third-order valence-electron chi connectivity index (χ3n) is 2.02. The number of nitro benzene ring substituents is 1.